The van der Waals surface area contributed by atoms with Gasteiger partial charge in [0.15, 0.2) is 0 Å². The van der Waals surface area contributed by atoms with Crippen molar-refractivity contribution < 1.29 is 19.4 Å². The second kappa shape index (κ2) is 7.66. The summed E-state index contributed by atoms with van der Waals surface area (Å²) in [7, 11) is 1.75. The van der Waals surface area contributed by atoms with Gasteiger partial charge in [0.05, 0.1) is 5.92 Å². The lowest BCUT2D eigenvalue weighted by Crippen LogP contribution is -2.41. The van der Waals surface area contributed by atoms with E-state index in [1.54, 1.807) is 11.9 Å². The van der Waals surface area contributed by atoms with Gasteiger partial charge < -0.3 is 14.7 Å². The minimum atomic E-state index is -0.734. The summed E-state index contributed by atoms with van der Waals surface area (Å²) in [4.78, 5) is 25.4. The van der Waals surface area contributed by atoms with E-state index in [9.17, 15) is 9.59 Å². The van der Waals surface area contributed by atoms with Crippen LogP contribution >= 0.6 is 0 Å². The number of amides is 1. The van der Waals surface area contributed by atoms with E-state index in [0.717, 1.165) is 0 Å². The first-order chi connectivity index (χ1) is 13.6. The Balaban J connectivity index is 1.41. The molecule has 2 aliphatic rings. The molecule has 0 radical (unpaired) electrons. The maximum Gasteiger partial charge on any atom is 0.409 e. The second-order valence-electron chi connectivity index (χ2n) is 7.76. The SMILES string of the molecule is CN(C(=O)OCC1c2ccccc2-c2ccccc21)C1CCC(C(=O)O)CC1. The molecule has 1 N–H and O–H groups in total. The Bertz CT molecular complexity index is 840. The molecule has 28 heavy (non-hydrogen) atoms. The maximum atomic E-state index is 12.6. The van der Waals surface area contributed by atoms with Crippen LogP contribution in [0, 0.1) is 5.92 Å². The fourth-order valence-corrected chi connectivity index (χ4v) is 4.55. The molecule has 0 atom stereocenters. The number of carboxylic acid groups (broad SMARTS) is 1. The first kappa shape index (κ1) is 18.5. The van der Waals surface area contributed by atoms with Crippen molar-refractivity contribution in [3.8, 4) is 11.1 Å². The largest absolute Gasteiger partial charge is 0.481 e. The maximum absolute atomic E-state index is 12.6. The van der Waals surface area contributed by atoms with Gasteiger partial charge in [-0.1, -0.05) is 48.5 Å². The molecule has 2 aromatic rings. The average Bonchev–Trinajstić information content (AvgIpc) is 3.05. The Morgan fingerprint density at radius 1 is 0.964 bits per heavy atom. The van der Waals surface area contributed by atoms with Crippen molar-refractivity contribution in [2.45, 2.75) is 37.6 Å². The van der Waals surface area contributed by atoms with Gasteiger partial charge in [-0.25, -0.2) is 4.79 Å². The molecule has 0 heterocycles. The average molecular weight is 379 g/mol. The van der Waals surface area contributed by atoms with Crippen molar-refractivity contribution in [2.24, 2.45) is 5.92 Å². The van der Waals surface area contributed by atoms with Gasteiger partial charge in [-0.3, -0.25) is 4.79 Å². The van der Waals surface area contributed by atoms with Gasteiger partial charge in [0.25, 0.3) is 0 Å². The Morgan fingerprint density at radius 2 is 1.50 bits per heavy atom. The van der Waals surface area contributed by atoms with Crippen LogP contribution in [0.4, 0.5) is 4.79 Å². The summed E-state index contributed by atoms with van der Waals surface area (Å²) in [6.45, 7) is 0.307. The molecule has 0 aromatic heterocycles. The van der Waals surface area contributed by atoms with Gasteiger partial charge in [-0.05, 0) is 47.9 Å². The molecule has 1 fully saturated rings. The van der Waals surface area contributed by atoms with Crippen LogP contribution in [0.15, 0.2) is 48.5 Å². The highest BCUT2D eigenvalue weighted by Gasteiger charge is 2.32. The van der Waals surface area contributed by atoms with E-state index in [1.807, 2.05) is 24.3 Å². The molecule has 0 saturated heterocycles. The molecule has 5 nitrogen and oxygen atoms in total. The molecular formula is C23H25NO4. The monoisotopic (exact) mass is 379 g/mol. The predicted molar refractivity (Wildman–Crippen MR) is 106 cm³/mol. The molecule has 146 valence electrons. The number of hydrogen-bond acceptors (Lipinski definition) is 3. The highest BCUT2D eigenvalue weighted by molar-refractivity contribution is 5.79. The Morgan fingerprint density at radius 3 is 2.04 bits per heavy atom. The highest BCUT2D eigenvalue weighted by atomic mass is 16.6. The van der Waals surface area contributed by atoms with Gasteiger partial charge in [0.2, 0.25) is 0 Å². The number of nitrogens with zero attached hydrogens (tertiary/aromatic N) is 1. The lowest BCUT2D eigenvalue weighted by atomic mass is 9.85. The molecular weight excluding hydrogens is 354 g/mol. The molecule has 1 saturated carbocycles. The smallest absolute Gasteiger partial charge is 0.409 e. The minimum Gasteiger partial charge on any atom is -0.481 e. The van der Waals surface area contributed by atoms with Crippen LogP contribution in [-0.4, -0.2) is 41.8 Å². The molecule has 4 rings (SSSR count). The van der Waals surface area contributed by atoms with E-state index < -0.39 is 5.97 Å². The third-order valence-electron chi connectivity index (χ3n) is 6.22. The molecule has 1 amide bonds. The van der Waals surface area contributed by atoms with Gasteiger partial charge >= 0.3 is 12.1 Å². The number of aliphatic carboxylic acids is 1. The van der Waals surface area contributed by atoms with Crippen molar-refractivity contribution in [1.29, 1.82) is 0 Å². The lowest BCUT2D eigenvalue weighted by Gasteiger charge is -2.33. The first-order valence-electron chi connectivity index (χ1n) is 9.87. The zero-order valence-corrected chi connectivity index (χ0v) is 16.0. The van der Waals surface area contributed by atoms with Crippen LogP contribution in [0.5, 0.6) is 0 Å². The lowest BCUT2D eigenvalue weighted by molar-refractivity contribution is -0.143. The number of carbonyl (C=O) groups excluding carboxylic acids is 1. The highest BCUT2D eigenvalue weighted by Crippen LogP contribution is 2.44. The van der Waals surface area contributed by atoms with E-state index >= 15 is 0 Å². The zero-order valence-electron chi connectivity index (χ0n) is 16.0. The van der Waals surface area contributed by atoms with E-state index in [0.29, 0.717) is 32.3 Å². The van der Waals surface area contributed by atoms with Gasteiger partial charge in [-0.15, -0.1) is 0 Å². The fourth-order valence-electron chi connectivity index (χ4n) is 4.55. The first-order valence-corrected chi connectivity index (χ1v) is 9.87. The molecule has 2 aromatic carbocycles. The molecule has 0 bridgehead atoms. The molecule has 2 aliphatic carbocycles. The van der Waals surface area contributed by atoms with Gasteiger partial charge in [0.1, 0.15) is 6.61 Å². The number of rotatable bonds is 4. The Labute approximate surface area is 164 Å². The van der Waals surface area contributed by atoms with E-state index in [4.69, 9.17) is 9.84 Å². The van der Waals surface area contributed by atoms with Crippen molar-refractivity contribution in [2.75, 3.05) is 13.7 Å². The standard InChI is InChI=1S/C23H25NO4/c1-24(16-12-10-15(11-13-16)22(25)26)23(27)28-14-21-19-8-4-2-6-17(19)18-7-3-5-9-20(18)21/h2-9,15-16,21H,10-14H2,1H3,(H,25,26). The predicted octanol–water partition coefficient (Wildman–Crippen LogP) is 4.51. The molecule has 0 aliphatic heterocycles. The molecule has 0 unspecified atom stereocenters. The summed E-state index contributed by atoms with van der Waals surface area (Å²) < 4.78 is 5.70. The third-order valence-corrected chi connectivity index (χ3v) is 6.22. The van der Waals surface area contributed by atoms with Crippen LogP contribution in [0.2, 0.25) is 0 Å². The second-order valence-corrected chi connectivity index (χ2v) is 7.76. The minimum absolute atomic E-state index is 0.0475. The third kappa shape index (κ3) is 3.37. The van der Waals surface area contributed by atoms with E-state index in [2.05, 4.69) is 24.3 Å². The quantitative estimate of drug-likeness (QED) is 0.849. The normalized spacial score (nSPS) is 20.9. The van der Waals surface area contributed by atoms with Crippen LogP contribution in [0.25, 0.3) is 11.1 Å². The summed E-state index contributed by atoms with van der Waals surface area (Å²) in [5, 5.41) is 9.13. The van der Waals surface area contributed by atoms with Crippen LogP contribution in [-0.2, 0) is 9.53 Å². The number of hydrogen-bond donors (Lipinski definition) is 1. The van der Waals surface area contributed by atoms with E-state index in [-0.39, 0.29) is 24.0 Å². The Kier molecular flexibility index (Phi) is 5.07. The van der Waals surface area contributed by atoms with Gasteiger partial charge in [-0.2, -0.15) is 0 Å². The zero-order chi connectivity index (χ0) is 19.7. The van der Waals surface area contributed by atoms with E-state index in [1.165, 1.54) is 22.3 Å². The summed E-state index contributed by atoms with van der Waals surface area (Å²) in [6, 6.07) is 16.6. The van der Waals surface area contributed by atoms with Crippen LogP contribution in [0.3, 0.4) is 0 Å². The number of benzene rings is 2. The number of fused-ring (bicyclic) bond motifs is 3. The Hall–Kier alpha value is -2.82. The summed E-state index contributed by atoms with van der Waals surface area (Å²) in [6.07, 6.45) is 2.30. The summed E-state index contributed by atoms with van der Waals surface area (Å²) >= 11 is 0. The summed E-state index contributed by atoms with van der Waals surface area (Å²) in [5.41, 5.74) is 4.81. The van der Waals surface area contributed by atoms with Crippen molar-refractivity contribution in [1.82, 2.24) is 4.90 Å². The fraction of sp³-hybridized carbons (Fsp3) is 0.391. The molecule has 0 spiro atoms. The van der Waals surface area contributed by atoms with Crippen molar-refractivity contribution >= 4 is 12.1 Å². The number of ether oxygens (including phenoxy) is 1. The van der Waals surface area contributed by atoms with Crippen LogP contribution in [0.1, 0.15) is 42.7 Å². The number of carbonyl (C=O) groups is 2. The van der Waals surface area contributed by atoms with Crippen molar-refractivity contribution in [3.05, 3.63) is 59.7 Å². The topological polar surface area (TPSA) is 66.8 Å². The molecule has 5 heteroatoms. The summed E-state index contributed by atoms with van der Waals surface area (Å²) in [5.74, 6) is -0.970. The van der Waals surface area contributed by atoms with Crippen molar-refractivity contribution in [3.63, 3.8) is 0 Å². The number of carboxylic acids is 1. The van der Waals surface area contributed by atoms with Crippen LogP contribution < -0.4 is 0 Å². The van der Waals surface area contributed by atoms with Gasteiger partial charge in [0, 0.05) is 19.0 Å².